The van der Waals surface area contributed by atoms with Gasteiger partial charge in [0, 0.05) is 26.0 Å². The number of aromatic nitrogens is 2. The number of rotatable bonds is 4. The summed E-state index contributed by atoms with van der Waals surface area (Å²) >= 11 is 0. The zero-order valence-corrected chi connectivity index (χ0v) is 9.57. The molecule has 0 bridgehead atoms. The lowest BCUT2D eigenvalue weighted by molar-refractivity contribution is -0.162. The maximum absolute atomic E-state index is 12.4. The summed E-state index contributed by atoms with van der Waals surface area (Å²) in [6, 6.07) is 1.27. The molecule has 0 spiro atoms. The van der Waals surface area contributed by atoms with Gasteiger partial charge in [0.15, 0.2) is 5.92 Å². The van der Waals surface area contributed by atoms with E-state index in [0.717, 1.165) is 0 Å². The fraction of sp³-hybridized carbons (Fsp3) is 0.600. The number of aryl methyl sites for hydroxylation is 1. The van der Waals surface area contributed by atoms with E-state index in [1.54, 1.807) is 24.0 Å². The molecular formula is C10H13F3N4. The minimum absolute atomic E-state index is 0.276. The average Bonchev–Trinajstić information content (AvgIpc) is 2.59. The van der Waals surface area contributed by atoms with Gasteiger partial charge >= 0.3 is 6.18 Å². The van der Waals surface area contributed by atoms with Gasteiger partial charge in [-0.05, 0) is 7.05 Å². The fourth-order valence-electron chi connectivity index (χ4n) is 1.38. The van der Waals surface area contributed by atoms with Crippen LogP contribution in [0.4, 0.5) is 13.2 Å². The van der Waals surface area contributed by atoms with Crippen molar-refractivity contribution < 1.29 is 13.2 Å². The van der Waals surface area contributed by atoms with E-state index >= 15 is 0 Å². The number of halogens is 3. The molecule has 0 fully saturated rings. The molecule has 1 atom stereocenters. The molecule has 0 radical (unpaired) electrons. The van der Waals surface area contributed by atoms with Crippen LogP contribution in [0.1, 0.15) is 5.82 Å². The summed E-state index contributed by atoms with van der Waals surface area (Å²) < 4.78 is 38.8. The van der Waals surface area contributed by atoms with E-state index < -0.39 is 12.1 Å². The van der Waals surface area contributed by atoms with Gasteiger partial charge in [0.2, 0.25) is 0 Å². The van der Waals surface area contributed by atoms with Gasteiger partial charge in [0.1, 0.15) is 5.82 Å². The predicted molar refractivity (Wildman–Crippen MR) is 54.7 cm³/mol. The Morgan fingerprint density at radius 3 is 2.65 bits per heavy atom. The SMILES string of the molecule is CN(Cc1nccn1C)CC(C#N)C(F)(F)F. The number of hydrogen-bond donors (Lipinski definition) is 0. The monoisotopic (exact) mass is 246 g/mol. The van der Waals surface area contributed by atoms with Crippen molar-refractivity contribution in [1.29, 1.82) is 5.26 Å². The van der Waals surface area contributed by atoms with Crippen molar-refractivity contribution in [2.24, 2.45) is 13.0 Å². The summed E-state index contributed by atoms with van der Waals surface area (Å²) in [6.45, 7) is -0.0787. The third-order valence-corrected chi connectivity index (χ3v) is 2.38. The van der Waals surface area contributed by atoms with Crippen LogP contribution in [0.15, 0.2) is 12.4 Å². The number of imidazole rings is 1. The molecular weight excluding hydrogens is 233 g/mol. The van der Waals surface area contributed by atoms with Crippen molar-refractivity contribution in [3.63, 3.8) is 0 Å². The average molecular weight is 246 g/mol. The predicted octanol–water partition coefficient (Wildman–Crippen LogP) is 1.55. The number of nitrogens with zero attached hydrogens (tertiary/aromatic N) is 4. The maximum Gasteiger partial charge on any atom is 0.405 e. The lowest BCUT2D eigenvalue weighted by Crippen LogP contribution is -2.34. The minimum atomic E-state index is -4.48. The van der Waals surface area contributed by atoms with Crippen LogP contribution in [-0.4, -0.2) is 34.2 Å². The van der Waals surface area contributed by atoms with Gasteiger partial charge in [-0.2, -0.15) is 18.4 Å². The van der Waals surface area contributed by atoms with Gasteiger partial charge in [-0.25, -0.2) is 4.98 Å². The van der Waals surface area contributed by atoms with E-state index in [1.165, 1.54) is 18.0 Å². The van der Waals surface area contributed by atoms with Gasteiger partial charge in [-0.15, -0.1) is 0 Å². The first kappa shape index (κ1) is 13.5. The molecule has 0 aliphatic heterocycles. The molecule has 0 aliphatic carbocycles. The fourth-order valence-corrected chi connectivity index (χ4v) is 1.38. The highest BCUT2D eigenvalue weighted by molar-refractivity contribution is 4.93. The van der Waals surface area contributed by atoms with Gasteiger partial charge < -0.3 is 4.57 Å². The second-order valence-electron chi connectivity index (χ2n) is 3.87. The topological polar surface area (TPSA) is 44.9 Å². The van der Waals surface area contributed by atoms with Gasteiger partial charge in [0.05, 0.1) is 12.6 Å². The second kappa shape index (κ2) is 5.19. The van der Waals surface area contributed by atoms with E-state index in [1.807, 2.05) is 0 Å². The summed E-state index contributed by atoms with van der Waals surface area (Å²) in [7, 11) is 3.30. The molecule has 4 nitrogen and oxygen atoms in total. The first-order valence-corrected chi connectivity index (χ1v) is 4.95. The van der Waals surface area contributed by atoms with E-state index in [-0.39, 0.29) is 13.1 Å². The number of nitriles is 1. The molecule has 7 heteroatoms. The Labute approximate surface area is 97.3 Å². The van der Waals surface area contributed by atoms with Crippen LogP contribution in [0.5, 0.6) is 0 Å². The first-order chi connectivity index (χ1) is 7.84. The summed E-state index contributed by atoms with van der Waals surface area (Å²) in [5.74, 6) is -1.31. The summed E-state index contributed by atoms with van der Waals surface area (Å²) in [6.07, 6.45) is -1.19. The van der Waals surface area contributed by atoms with Crippen molar-refractivity contribution >= 4 is 0 Å². The summed E-state index contributed by atoms with van der Waals surface area (Å²) in [5.41, 5.74) is 0. The van der Waals surface area contributed by atoms with Gasteiger partial charge in [0.25, 0.3) is 0 Å². The molecule has 1 unspecified atom stereocenters. The van der Waals surface area contributed by atoms with Crippen molar-refractivity contribution in [3.05, 3.63) is 18.2 Å². The highest BCUT2D eigenvalue weighted by Crippen LogP contribution is 2.26. The first-order valence-electron chi connectivity index (χ1n) is 4.95. The van der Waals surface area contributed by atoms with E-state index in [2.05, 4.69) is 4.98 Å². The second-order valence-corrected chi connectivity index (χ2v) is 3.87. The zero-order chi connectivity index (χ0) is 13.1. The number of alkyl halides is 3. The molecule has 17 heavy (non-hydrogen) atoms. The van der Waals surface area contributed by atoms with Crippen LogP contribution in [0.2, 0.25) is 0 Å². The quantitative estimate of drug-likeness (QED) is 0.809. The van der Waals surface area contributed by atoms with Crippen LogP contribution in [0.3, 0.4) is 0 Å². The van der Waals surface area contributed by atoms with Crippen molar-refractivity contribution in [1.82, 2.24) is 14.5 Å². The molecule has 0 saturated carbocycles. The van der Waals surface area contributed by atoms with Crippen LogP contribution in [0.25, 0.3) is 0 Å². The molecule has 1 heterocycles. The van der Waals surface area contributed by atoms with Crippen molar-refractivity contribution in [2.75, 3.05) is 13.6 Å². The Morgan fingerprint density at radius 2 is 2.24 bits per heavy atom. The van der Waals surface area contributed by atoms with E-state index in [4.69, 9.17) is 5.26 Å². The summed E-state index contributed by atoms with van der Waals surface area (Å²) in [4.78, 5) is 5.44. The zero-order valence-electron chi connectivity index (χ0n) is 9.57. The molecule has 0 N–H and O–H groups in total. The molecule has 1 rings (SSSR count). The molecule has 0 aromatic carbocycles. The lowest BCUT2D eigenvalue weighted by atomic mass is 10.1. The highest BCUT2D eigenvalue weighted by atomic mass is 19.4. The summed E-state index contributed by atoms with van der Waals surface area (Å²) in [5, 5.41) is 8.47. The standard InChI is InChI=1S/C10H13F3N4/c1-16(6-8(5-14)10(11,12)13)7-9-15-3-4-17(9)2/h3-4,8H,6-7H2,1-2H3. The normalized spacial score (nSPS) is 13.7. The molecule has 94 valence electrons. The Balaban J connectivity index is 2.58. The van der Waals surface area contributed by atoms with E-state index in [9.17, 15) is 13.2 Å². The Bertz CT molecular complexity index is 404. The largest absolute Gasteiger partial charge is 0.405 e. The van der Waals surface area contributed by atoms with Crippen molar-refractivity contribution in [2.45, 2.75) is 12.7 Å². The highest BCUT2D eigenvalue weighted by Gasteiger charge is 2.40. The Hall–Kier alpha value is -1.55. The van der Waals surface area contributed by atoms with Crippen LogP contribution in [-0.2, 0) is 13.6 Å². The third kappa shape index (κ3) is 3.75. The Morgan fingerprint density at radius 1 is 1.59 bits per heavy atom. The minimum Gasteiger partial charge on any atom is -0.337 e. The molecule has 1 aromatic heterocycles. The van der Waals surface area contributed by atoms with Gasteiger partial charge in [-0.1, -0.05) is 0 Å². The van der Waals surface area contributed by atoms with Crippen LogP contribution in [0, 0.1) is 17.2 Å². The van der Waals surface area contributed by atoms with Crippen LogP contribution < -0.4 is 0 Å². The molecule has 1 aromatic rings. The number of hydrogen-bond acceptors (Lipinski definition) is 3. The maximum atomic E-state index is 12.4. The molecule has 0 saturated heterocycles. The lowest BCUT2D eigenvalue weighted by Gasteiger charge is -2.21. The van der Waals surface area contributed by atoms with E-state index in [0.29, 0.717) is 5.82 Å². The van der Waals surface area contributed by atoms with Crippen molar-refractivity contribution in [3.8, 4) is 6.07 Å². The third-order valence-electron chi connectivity index (χ3n) is 2.38. The Kier molecular flexibility index (Phi) is 4.12. The van der Waals surface area contributed by atoms with Crippen LogP contribution >= 0.6 is 0 Å². The van der Waals surface area contributed by atoms with Gasteiger partial charge in [-0.3, -0.25) is 4.90 Å². The smallest absolute Gasteiger partial charge is 0.337 e. The molecule has 0 aliphatic rings. The molecule has 0 amide bonds.